The number of aromatic nitrogens is 1. The predicted octanol–water partition coefficient (Wildman–Crippen LogP) is 2.06. The molecule has 2 rings (SSSR count). The Bertz CT molecular complexity index is 563. The van der Waals surface area contributed by atoms with Crippen molar-refractivity contribution in [2.75, 3.05) is 7.11 Å². The summed E-state index contributed by atoms with van der Waals surface area (Å²) in [7, 11) is 1.35. The highest BCUT2D eigenvalue weighted by atomic mass is 16.5. The van der Waals surface area contributed by atoms with Crippen LogP contribution in [0.1, 0.15) is 27.2 Å². The SMILES string of the molecule is COC(=O)c1coc(CNCc2cnccc2C)c1. The molecule has 0 amide bonds. The Morgan fingerprint density at radius 2 is 2.32 bits per heavy atom. The van der Waals surface area contributed by atoms with Crippen molar-refractivity contribution in [3.8, 4) is 0 Å². The Balaban J connectivity index is 1.88. The maximum absolute atomic E-state index is 11.3. The van der Waals surface area contributed by atoms with Crippen LogP contribution in [0.25, 0.3) is 0 Å². The summed E-state index contributed by atoms with van der Waals surface area (Å²) in [5.74, 6) is 0.306. The van der Waals surface area contributed by atoms with Gasteiger partial charge >= 0.3 is 5.97 Å². The van der Waals surface area contributed by atoms with Crippen LogP contribution >= 0.6 is 0 Å². The highest BCUT2D eigenvalue weighted by molar-refractivity contribution is 5.88. The molecular formula is C14H16N2O3. The molecule has 0 radical (unpaired) electrons. The standard InChI is InChI=1S/C14H16N2O3/c1-10-3-4-15-6-12(10)7-16-8-13-5-11(9-19-13)14(17)18-2/h3-6,9,16H,7-8H2,1-2H3. The van der Waals surface area contributed by atoms with Crippen LogP contribution in [0.2, 0.25) is 0 Å². The molecule has 0 spiro atoms. The van der Waals surface area contributed by atoms with Crippen molar-refractivity contribution in [2.45, 2.75) is 20.0 Å². The lowest BCUT2D eigenvalue weighted by Crippen LogP contribution is -2.13. The highest BCUT2D eigenvalue weighted by Gasteiger charge is 2.09. The molecule has 0 fully saturated rings. The van der Waals surface area contributed by atoms with E-state index in [2.05, 4.69) is 15.0 Å². The molecule has 1 N–H and O–H groups in total. The van der Waals surface area contributed by atoms with E-state index in [0.29, 0.717) is 24.4 Å². The van der Waals surface area contributed by atoms with Crippen LogP contribution in [0.4, 0.5) is 0 Å². The molecule has 2 heterocycles. The van der Waals surface area contributed by atoms with Gasteiger partial charge in [0.1, 0.15) is 12.0 Å². The van der Waals surface area contributed by atoms with Crippen LogP contribution < -0.4 is 5.32 Å². The summed E-state index contributed by atoms with van der Waals surface area (Å²) in [4.78, 5) is 15.3. The molecular weight excluding hydrogens is 244 g/mol. The summed E-state index contributed by atoms with van der Waals surface area (Å²) in [6.07, 6.45) is 5.01. The number of carbonyl (C=O) groups is 1. The maximum atomic E-state index is 11.3. The first-order valence-corrected chi connectivity index (χ1v) is 5.96. The van der Waals surface area contributed by atoms with Gasteiger partial charge < -0.3 is 14.5 Å². The van der Waals surface area contributed by atoms with Crippen molar-refractivity contribution in [3.05, 3.63) is 53.2 Å². The van der Waals surface area contributed by atoms with Gasteiger partial charge in [-0.05, 0) is 30.2 Å². The largest absolute Gasteiger partial charge is 0.467 e. The Morgan fingerprint density at radius 1 is 1.47 bits per heavy atom. The Kier molecular flexibility index (Phi) is 4.30. The summed E-state index contributed by atoms with van der Waals surface area (Å²) in [6.45, 7) is 3.29. The average Bonchev–Trinajstić information content (AvgIpc) is 2.89. The van der Waals surface area contributed by atoms with E-state index in [1.54, 1.807) is 12.3 Å². The summed E-state index contributed by atoms with van der Waals surface area (Å²) >= 11 is 0. The molecule has 0 bridgehead atoms. The summed E-state index contributed by atoms with van der Waals surface area (Å²) < 4.78 is 9.89. The van der Waals surface area contributed by atoms with E-state index in [-0.39, 0.29) is 0 Å². The third kappa shape index (κ3) is 3.42. The van der Waals surface area contributed by atoms with E-state index in [1.165, 1.54) is 18.9 Å². The van der Waals surface area contributed by atoms with Gasteiger partial charge in [-0.25, -0.2) is 4.79 Å². The van der Waals surface area contributed by atoms with Gasteiger partial charge in [-0.3, -0.25) is 4.98 Å². The lowest BCUT2D eigenvalue weighted by atomic mass is 10.1. The third-order valence-corrected chi connectivity index (χ3v) is 2.84. The van der Waals surface area contributed by atoms with E-state index in [1.807, 2.05) is 19.2 Å². The van der Waals surface area contributed by atoms with Crippen molar-refractivity contribution in [1.82, 2.24) is 10.3 Å². The average molecular weight is 260 g/mol. The van der Waals surface area contributed by atoms with Crippen LogP contribution in [0.15, 0.2) is 35.2 Å². The number of carbonyl (C=O) groups excluding carboxylic acids is 1. The number of furan rings is 1. The maximum Gasteiger partial charge on any atom is 0.341 e. The molecule has 0 unspecified atom stereocenters. The third-order valence-electron chi connectivity index (χ3n) is 2.84. The number of nitrogens with zero attached hydrogens (tertiary/aromatic N) is 1. The molecule has 100 valence electrons. The van der Waals surface area contributed by atoms with E-state index < -0.39 is 5.97 Å². The fourth-order valence-electron chi connectivity index (χ4n) is 1.70. The monoisotopic (exact) mass is 260 g/mol. The zero-order chi connectivity index (χ0) is 13.7. The van der Waals surface area contributed by atoms with E-state index in [0.717, 1.165) is 5.56 Å². The van der Waals surface area contributed by atoms with Crippen molar-refractivity contribution in [2.24, 2.45) is 0 Å². The lowest BCUT2D eigenvalue weighted by Gasteiger charge is -2.05. The molecule has 0 aliphatic rings. The van der Waals surface area contributed by atoms with Crippen molar-refractivity contribution in [3.63, 3.8) is 0 Å². The number of pyridine rings is 1. The normalized spacial score (nSPS) is 10.4. The first kappa shape index (κ1) is 13.3. The number of hydrogen-bond acceptors (Lipinski definition) is 5. The van der Waals surface area contributed by atoms with E-state index in [4.69, 9.17) is 4.42 Å². The van der Waals surface area contributed by atoms with Crippen molar-refractivity contribution >= 4 is 5.97 Å². The Morgan fingerprint density at radius 3 is 3.05 bits per heavy atom. The molecule has 0 atom stereocenters. The number of hydrogen-bond donors (Lipinski definition) is 1. The molecule has 0 aliphatic carbocycles. The van der Waals surface area contributed by atoms with Gasteiger partial charge in [0.25, 0.3) is 0 Å². The molecule has 0 aromatic carbocycles. The number of nitrogens with one attached hydrogen (secondary N) is 1. The van der Waals surface area contributed by atoms with Crippen molar-refractivity contribution < 1.29 is 13.9 Å². The Hall–Kier alpha value is -2.14. The van der Waals surface area contributed by atoms with Crippen molar-refractivity contribution in [1.29, 1.82) is 0 Å². The van der Waals surface area contributed by atoms with Crippen LogP contribution in [0.3, 0.4) is 0 Å². The lowest BCUT2D eigenvalue weighted by molar-refractivity contribution is 0.0600. The number of ether oxygens (including phenoxy) is 1. The molecule has 5 heteroatoms. The van der Waals surface area contributed by atoms with Gasteiger partial charge in [-0.1, -0.05) is 0 Å². The smallest absolute Gasteiger partial charge is 0.341 e. The minimum atomic E-state index is -0.391. The van der Waals surface area contributed by atoms with E-state index in [9.17, 15) is 4.79 Å². The number of methoxy groups -OCH3 is 1. The molecule has 5 nitrogen and oxygen atoms in total. The topological polar surface area (TPSA) is 64.4 Å². The predicted molar refractivity (Wildman–Crippen MR) is 69.6 cm³/mol. The fourth-order valence-corrected chi connectivity index (χ4v) is 1.70. The van der Waals surface area contributed by atoms with Gasteiger partial charge in [0.2, 0.25) is 0 Å². The number of rotatable bonds is 5. The number of aryl methyl sites for hydroxylation is 1. The second-order valence-corrected chi connectivity index (χ2v) is 4.20. The summed E-state index contributed by atoms with van der Waals surface area (Å²) in [5, 5.41) is 3.24. The fraction of sp³-hybridized carbons (Fsp3) is 0.286. The number of esters is 1. The minimum Gasteiger partial charge on any atom is -0.467 e. The highest BCUT2D eigenvalue weighted by Crippen LogP contribution is 2.09. The first-order valence-electron chi connectivity index (χ1n) is 5.96. The van der Waals surface area contributed by atoms with Crippen LogP contribution in [0, 0.1) is 6.92 Å². The zero-order valence-electron chi connectivity index (χ0n) is 11.0. The molecule has 0 aliphatic heterocycles. The van der Waals surface area contributed by atoms with Gasteiger partial charge in [0.15, 0.2) is 0 Å². The molecule has 2 aromatic rings. The van der Waals surface area contributed by atoms with Crippen LogP contribution in [-0.2, 0) is 17.8 Å². The van der Waals surface area contributed by atoms with Gasteiger partial charge in [-0.15, -0.1) is 0 Å². The van der Waals surface area contributed by atoms with E-state index >= 15 is 0 Å². The van der Waals surface area contributed by atoms with Gasteiger partial charge in [-0.2, -0.15) is 0 Å². The van der Waals surface area contributed by atoms with Crippen LogP contribution in [-0.4, -0.2) is 18.1 Å². The molecule has 0 saturated heterocycles. The molecule has 2 aromatic heterocycles. The summed E-state index contributed by atoms with van der Waals surface area (Å²) in [6, 6.07) is 3.65. The molecule has 0 saturated carbocycles. The minimum absolute atomic E-state index is 0.391. The quantitative estimate of drug-likeness (QED) is 0.834. The molecule has 19 heavy (non-hydrogen) atoms. The van der Waals surface area contributed by atoms with Gasteiger partial charge in [0.05, 0.1) is 19.2 Å². The second kappa shape index (κ2) is 6.15. The Labute approximate surface area is 111 Å². The summed E-state index contributed by atoms with van der Waals surface area (Å²) in [5.41, 5.74) is 2.76. The van der Waals surface area contributed by atoms with Gasteiger partial charge in [0, 0.05) is 18.9 Å². The first-order chi connectivity index (χ1) is 9.20. The second-order valence-electron chi connectivity index (χ2n) is 4.20. The zero-order valence-corrected chi connectivity index (χ0v) is 11.0. The van der Waals surface area contributed by atoms with Crippen LogP contribution in [0.5, 0.6) is 0 Å².